The van der Waals surface area contributed by atoms with Gasteiger partial charge in [0.15, 0.2) is 0 Å². The average molecular weight is 338 g/mol. The minimum atomic E-state index is -0.100. The molecule has 132 valence electrons. The van der Waals surface area contributed by atoms with Gasteiger partial charge in [-0.25, -0.2) is 0 Å². The molecule has 0 saturated heterocycles. The molecule has 1 heterocycles. The monoisotopic (exact) mass is 338 g/mol. The summed E-state index contributed by atoms with van der Waals surface area (Å²) in [5.41, 5.74) is 4.03. The molecule has 0 bridgehead atoms. The zero-order chi connectivity index (χ0) is 17.6. The van der Waals surface area contributed by atoms with Gasteiger partial charge in [0.2, 0.25) is 5.91 Å². The van der Waals surface area contributed by atoms with Crippen LogP contribution < -0.4 is 10.9 Å². The van der Waals surface area contributed by atoms with Gasteiger partial charge in [-0.1, -0.05) is 23.3 Å². The Morgan fingerprint density at radius 2 is 2.08 bits per heavy atom. The number of benzene rings is 1. The molecule has 4 nitrogen and oxygen atoms in total. The number of pyridine rings is 1. The molecule has 1 amide bonds. The van der Waals surface area contributed by atoms with Crippen molar-refractivity contribution in [2.75, 3.05) is 6.54 Å². The summed E-state index contributed by atoms with van der Waals surface area (Å²) in [6, 6.07) is 7.85. The maximum Gasteiger partial charge on any atom is 0.251 e. The van der Waals surface area contributed by atoms with E-state index < -0.39 is 0 Å². The highest BCUT2D eigenvalue weighted by atomic mass is 16.1. The molecule has 2 N–H and O–H groups in total. The van der Waals surface area contributed by atoms with E-state index in [0.717, 1.165) is 22.9 Å². The first-order valence-electron chi connectivity index (χ1n) is 9.19. The van der Waals surface area contributed by atoms with E-state index in [1.807, 2.05) is 31.2 Å². The summed E-state index contributed by atoms with van der Waals surface area (Å²) in [5, 5.41) is 3.99. The molecule has 4 heteroatoms. The molecule has 1 aliphatic rings. The molecule has 0 saturated carbocycles. The number of aryl methyl sites for hydroxylation is 2. The number of hydrogen-bond acceptors (Lipinski definition) is 2. The van der Waals surface area contributed by atoms with Crippen molar-refractivity contribution in [1.29, 1.82) is 0 Å². The molecular formula is C21H26N2O2. The van der Waals surface area contributed by atoms with E-state index >= 15 is 0 Å². The third kappa shape index (κ3) is 4.81. The molecule has 2 aromatic rings. The van der Waals surface area contributed by atoms with Crippen LogP contribution in [-0.4, -0.2) is 17.4 Å². The van der Waals surface area contributed by atoms with E-state index in [2.05, 4.69) is 16.4 Å². The van der Waals surface area contributed by atoms with Crippen LogP contribution in [0.1, 0.15) is 49.7 Å². The molecule has 0 unspecified atom stereocenters. The Labute approximate surface area is 148 Å². The van der Waals surface area contributed by atoms with Gasteiger partial charge in [-0.05, 0) is 69.0 Å². The Balaban J connectivity index is 1.53. The SMILES string of the molecule is Cc1ccc2[nH]c(=O)c(CCC(=O)NCCC3=CCCCC3)cc2c1. The highest BCUT2D eigenvalue weighted by molar-refractivity contribution is 5.80. The molecule has 3 rings (SSSR count). The number of H-pyrrole nitrogens is 1. The Bertz CT molecular complexity index is 849. The molecule has 0 fully saturated rings. The van der Waals surface area contributed by atoms with E-state index in [4.69, 9.17) is 0 Å². The summed E-state index contributed by atoms with van der Waals surface area (Å²) in [7, 11) is 0. The Kier molecular flexibility index (Phi) is 5.69. The van der Waals surface area contributed by atoms with Crippen LogP contribution in [0.2, 0.25) is 0 Å². The lowest BCUT2D eigenvalue weighted by molar-refractivity contribution is -0.121. The summed E-state index contributed by atoms with van der Waals surface area (Å²) in [4.78, 5) is 27.1. The maximum absolute atomic E-state index is 12.2. The second-order valence-corrected chi connectivity index (χ2v) is 6.92. The lowest BCUT2D eigenvalue weighted by atomic mass is 9.97. The van der Waals surface area contributed by atoms with Gasteiger partial charge in [0.05, 0.1) is 0 Å². The molecule has 0 radical (unpaired) electrons. The number of aromatic nitrogens is 1. The number of carbonyl (C=O) groups excluding carboxylic acids is 1. The lowest BCUT2D eigenvalue weighted by Crippen LogP contribution is -2.26. The summed E-state index contributed by atoms with van der Waals surface area (Å²) >= 11 is 0. The van der Waals surface area contributed by atoms with Crippen LogP contribution in [0.5, 0.6) is 0 Å². The number of amides is 1. The average Bonchev–Trinajstić information content (AvgIpc) is 2.61. The van der Waals surface area contributed by atoms with E-state index in [0.29, 0.717) is 24.9 Å². The van der Waals surface area contributed by atoms with E-state index in [-0.39, 0.29) is 11.5 Å². The van der Waals surface area contributed by atoms with Gasteiger partial charge in [0.25, 0.3) is 5.56 Å². The van der Waals surface area contributed by atoms with Crippen LogP contribution in [0, 0.1) is 6.92 Å². The third-order valence-electron chi connectivity index (χ3n) is 4.85. The third-order valence-corrected chi connectivity index (χ3v) is 4.85. The fourth-order valence-electron chi connectivity index (χ4n) is 3.39. The van der Waals surface area contributed by atoms with Gasteiger partial charge in [0.1, 0.15) is 0 Å². The van der Waals surface area contributed by atoms with Crippen LogP contribution in [0.15, 0.2) is 40.7 Å². The maximum atomic E-state index is 12.2. The highest BCUT2D eigenvalue weighted by Crippen LogP contribution is 2.19. The van der Waals surface area contributed by atoms with Gasteiger partial charge in [-0.3, -0.25) is 9.59 Å². The minimum absolute atomic E-state index is 0.0140. The predicted octanol–water partition coefficient (Wildman–Crippen LogP) is 3.78. The van der Waals surface area contributed by atoms with Gasteiger partial charge in [-0.15, -0.1) is 0 Å². The highest BCUT2D eigenvalue weighted by Gasteiger charge is 2.08. The summed E-state index contributed by atoms with van der Waals surface area (Å²) < 4.78 is 0. The second kappa shape index (κ2) is 8.15. The van der Waals surface area contributed by atoms with Crippen molar-refractivity contribution in [3.8, 4) is 0 Å². The standard InChI is InChI=1S/C21H26N2O2/c1-15-7-9-19-18(13-15)14-17(21(25)23-19)8-10-20(24)22-12-11-16-5-3-2-4-6-16/h5,7,9,13-14H,2-4,6,8,10-12H2,1H3,(H,22,24)(H,23,25). The molecule has 0 aliphatic heterocycles. The number of fused-ring (bicyclic) bond motifs is 1. The zero-order valence-corrected chi connectivity index (χ0v) is 14.9. The van der Waals surface area contributed by atoms with Crippen molar-refractivity contribution in [1.82, 2.24) is 10.3 Å². The van der Waals surface area contributed by atoms with E-state index in [1.165, 1.54) is 31.3 Å². The number of allylic oxidation sites excluding steroid dienone is 1. The first-order valence-corrected chi connectivity index (χ1v) is 9.19. The number of aromatic amines is 1. The number of rotatable bonds is 6. The van der Waals surface area contributed by atoms with Crippen molar-refractivity contribution in [2.24, 2.45) is 0 Å². The zero-order valence-electron chi connectivity index (χ0n) is 14.9. The normalized spacial score (nSPS) is 14.4. The minimum Gasteiger partial charge on any atom is -0.356 e. The van der Waals surface area contributed by atoms with Crippen LogP contribution >= 0.6 is 0 Å². The van der Waals surface area contributed by atoms with E-state index in [9.17, 15) is 9.59 Å². The van der Waals surface area contributed by atoms with Crippen LogP contribution in [0.3, 0.4) is 0 Å². The van der Waals surface area contributed by atoms with E-state index in [1.54, 1.807) is 0 Å². The smallest absolute Gasteiger partial charge is 0.251 e. The van der Waals surface area contributed by atoms with Gasteiger partial charge in [-0.2, -0.15) is 0 Å². The summed E-state index contributed by atoms with van der Waals surface area (Å²) in [5.74, 6) is 0.0140. The topological polar surface area (TPSA) is 62.0 Å². The molecule has 1 aromatic heterocycles. The predicted molar refractivity (Wildman–Crippen MR) is 102 cm³/mol. The quantitative estimate of drug-likeness (QED) is 0.788. The van der Waals surface area contributed by atoms with Crippen molar-refractivity contribution >= 4 is 16.8 Å². The largest absolute Gasteiger partial charge is 0.356 e. The molecule has 0 atom stereocenters. The Hall–Kier alpha value is -2.36. The number of carbonyl (C=O) groups is 1. The molecule has 1 aromatic carbocycles. The van der Waals surface area contributed by atoms with Gasteiger partial charge < -0.3 is 10.3 Å². The van der Waals surface area contributed by atoms with Crippen LogP contribution in [-0.2, 0) is 11.2 Å². The Morgan fingerprint density at radius 3 is 2.88 bits per heavy atom. The fourth-order valence-corrected chi connectivity index (χ4v) is 3.39. The van der Waals surface area contributed by atoms with Crippen molar-refractivity contribution in [2.45, 2.75) is 51.9 Å². The molecule has 25 heavy (non-hydrogen) atoms. The lowest BCUT2D eigenvalue weighted by Gasteiger charge is -2.13. The molecule has 1 aliphatic carbocycles. The molecule has 0 spiro atoms. The first kappa shape index (κ1) is 17.5. The number of hydrogen-bond donors (Lipinski definition) is 2. The van der Waals surface area contributed by atoms with Crippen LogP contribution in [0.4, 0.5) is 0 Å². The summed E-state index contributed by atoms with van der Waals surface area (Å²) in [6.07, 6.45) is 8.97. The second-order valence-electron chi connectivity index (χ2n) is 6.92. The van der Waals surface area contributed by atoms with Gasteiger partial charge >= 0.3 is 0 Å². The van der Waals surface area contributed by atoms with Crippen molar-refractivity contribution in [3.05, 3.63) is 57.4 Å². The van der Waals surface area contributed by atoms with Crippen LogP contribution in [0.25, 0.3) is 10.9 Å². The van der Waals surface area contributed by atoms with Crippen molar-refractivity contribution in [3.63, 3.8) is 0 Å². The Morgan fingerprint density at radius 1 is 1.20 bits per heavy atom. The summed E-state index contributed by atoms with van der Waals surface area (Å²) in [6.45, 7) is 2.72. The first-order chi connectivity index (χ1) is 12.1. The van der Waals surface area contributed by atoms with Gasteiger partial charge in [0, 0.05) is 24.0 Å². The number of nitrogens with one attached hydrogen (secondary N) is 2. The van der Waals surface area contributed by atoms with Crippen molar-refractivity contribution < 1.29 is 4.79 Å². The molecular weight excluding hydrogens is 312 g/mol. The fraction of sp³-hybridized carbons (Fsp3) is 0.429.